The van der Waals surface area contributed by atoms with Crippen molar-refractivity contribution in [2.75, 3.05) is 6.61 Å². The highest BCUT2D eigenvalue weighted by molar-refractivity contribution is 9.10. The average molecular weight is 373 g/mol. The van der Waals surface area contributed by atoms with Crippen LogP contribution in [0.3, 0.4) is 0 Å². The number of aromatic nitrogens is 2. The van der Waals surface area contributed by atoms with Crippen LogP contribution in [0.1, 0.15) is 32.5 Å². The molecule has 0 saturated heterocycles. The summed E-state index contributed by atoms with van der Waals surface area (Å²) < 4.78 is 32.9. The molecule has 0 unspecified atom stereocenters. The standard InChI is InChI=1S/C14H17BrN2O3S/c1-4-20-13-9-11(5-6-12(13)15)21(18,19)17-8-7-16-14(17)10(2)3/h5-10H,4H2,1-3H3. The molecule has 0 saturated carbocycles. The number of nitrogens with zero attached hydrogens (tertiary/aromatic N) is 2. The highest BCUT2D eigenvalue weighted by Crippen LogP contribution is 2.29. The molecule has 0 bridgehead atoms. The van der Waals surface area contributed by atoms with E-state index in [9.17, 15) is 8.42 Å². The van der Waals surface area contributed by atoms with Crippen molar-refractivity contribution in [2.45, 2.75) is 31.6 Å². The quantitative estimate of drug-likeness (QED) is 0.806. The van der Waals surface area contributed by atoms with Crippen molar-refractivity contribution in [3.8, 4) is 5.75 Å². The molecule has 5 nitrogen and oxygen atoms in total. The number of rotatable bonds is 5. The number of halogens is 1. The van der Waals surface area contributed by atoms with Crippen LogP contribution in [0.5, 0.6) is 5.75 Å². The summed E-state index contributed by atoms with van der Waals surface area (Å²) >= 11 is 3.35. The summed E-state index contributed by atoms with van der Waals surface area (Å²) in [6, 6.07) is 4.74. The summed E-state index contributed by atoms with van der Waals surface area (Å²) in [4.78, 5) is 4.30. The Morgan fingerprint density at radius 3 is 2.71 bits per heavy atom. The van der Waals surface area contributed by atoms with E-state index < -0.39 is 10.0 Å². The van der Waals surface area contributed by atoms with Gasteiger partial charge in [0.2, 0.25) is 0 Å². The van der Waals surface area contributed by atoms with Gasteiger partial charge in [-0.2, -0.15) is 0 Å². The van der Waals surface area contributed by atoms with Gasteiger partial charge in [0, 0.05) is 24.4 Å². The lowest BCUT2D eigenvalue weighted by Crippen LogP contribution is -2.16. The fourth-order valence-electron chi connectivity index (χ4n) is 1.93. The molecule has 2 rings (SSSR count). The third-order valence-electron chi connectivity index (χ3n) is 2.91. The lowest BCUT2D eigenvalue weighted by atomic mass is 10.2. The number of benzene rings is 1. The van der Waals surface area contributed by atoms with Crippen molar-refractivity contribution in [3.63, 3.8) is 0 Å². The third kappa shape index (κ3) is 3.13. The zero-order valence-electron chi connectivity index (χ0n) is 12.1. The second kappa shape index (κ2) is 6.19. The first kappa shape index (κ1) is 16.0. The Morgan fingerprint density at radius 2 is 2.10 bits per heavy atom. The van der Waals surface area contributed by atoms with Crippen molar-refractivity contribution >= 4 is 26.0 Å². The van der Waals surface area contributed by atoms with Crippen LogP contribution in [0.25, 0.3) is 0 Å². The second-order valence-corrected chi connectivity index (χ2v) is 7.44. The molecular weight excluding hydrogens is 356 g/mol. The molecule has 1 aromatic carbocycles. The maximum absolute atomic E-state index is 12.7. The smallest absolute Gasteiger partial charge is 0.269 e. The van der Waals surface area contributed by atoms with E-state index >= 15 is 0 Å². The normalized spacial score (nSPS) is 11.9. The number of hydrogen-bond donors (Lipinski definition) is 0. The summed E-state index contributed by atoms with van der Waals surface area (Å²) in [5.74, 6) is 1.03. The molecule has 0 atom stereocenters. The molecule has 1 heterocycles. The Labute approximate surface area is 133 Å². The van der Waals surface area contributed by atoms with Crippen LogP contribution >= 0.6 is 15.9 Å². The van der Waals surface area contributed by atoms with Crippen molar-refractivity contribution in [1.29, 1.82) is 0 Å². The van der Waals surface area contributed by atoms with Crippen LogP contribution in [0.4, 0.5) is 0 Å². The second-order valence-electron chi connectivity index (χ2n) is 4.77. The van der Waals surface area contributed by atoms with Crippen molar-refractivity contribution in [1.82, 2.24) is 8.96 Å². The van der Waals surface area contributed by atoms with Gasteiger partial charge in [-0.05, 0) is 35.0 Å². The molecule has 1 aromatic heterocycles. The van der Waals surface area contributed by atoms with Gasteiger partial charge in [0.25, 0.3) is 10.0 Å². The predicted octanol–water partition coefficient (Wildman–Crippen LogP) is 3.40. The summed E-state index contributed by atoms with van der Waals surface area (Å²) in [5.41, 5.74) is 0. The van der Waals surface area contributed by atoms with E-state index in [2.05, 4.69) is 20.9 Å². The largest absolute Gasteiger partial charge is 0.493 e. The highest BCUT2D eigenvalue weighted by atomic mass is 79.9. The molecule has 0 aliphatic heterocycles. The van der Waals surface area contributed by atoms with Gasteiger partial charge in [0.1, 0.15) is 11.6 Å². The highest BCUT2D eigenvalue weighted by Gasteiger charge is 2.22. The maximum Gasteiger partial charge on any atom is 0.269 e. The molecule has 0 aliphatic carbocycles. The average Bonchev–Trinajstić information content (AvgIpc) is 2.91. The van der Waals surface area contributed by atoms with E-state index in [-0.39, 0.29) is 10.8 Å². The molecule has 0 aliphatic rings. The first-order valence-corrected chi connectivity index (χ1v) is 8.82. The van der Waals surface area contributed by atoms with E-state index in [0.29, 0.717) is 18.2 Å². The van der Waals surface area contributed by atoms with E-state index in [1.165, 1.54) is 22.4 Å². The van der Waals surface area contributed by atoms with Crippen molar-refractivity contribution < 1.29 is 13.2 Å². The van der Waals surface area contributed by atoms with Crippen LogP contribution in [0, 0.1) is 0 Å². The van der Waals surface area contributed by atoms with Crippen molar-refractivity contribution in [2.24, 2.45) is 0 Å². The lowest BCUT2D eigenvalue weighted by molar-refractivity contribution is 0.337. The molecule has 21 heavy (non-hydrogen) atoms. The Balaban J connectivity index is 2.54. The van der Waals surface area contributed by atoms with Gasteiger partial charge in [-0.1, -0.05) is 13.8 Å². The number of ether oxygens (including phenoxy) is 1. The van der Waals surface area contributed by atoms with Crippen LogP contribution < -0.4 is 4.74 Å². The first-order valence-electron chi connectivity index (χ1n) is 6.59. The number of imidazole rings is 1. The zero-order valence-corrected chi connectivity index (χ0v) is 14.5. The molecule has 0 N–H and O–H groups in total. The minimum Gasteiger partial charge on any atom is -0.493 e. The maximum atomic E-state index is 12.7. The fraction of sp³-hybridized carbons (Fsp3) is 0.357. The van der Waals surface area contributed by atoms with Gasteiger partial charge in [-0.15, -0.1) is 0 Å². The monoisotopic (exact) mass is 372 g/mol. The van der Waals surface area contributed by atoms with Crippen LogP contribution in [0.15, 0.2) is 40.0 Å². The van der Waals surface area contributed by atoms with Crippen LogP contribution in [0.2, 0.25) is 0 Å². The van der Waals surface area contributed by atoms with Crippen LogP contribution in [-0.2, 0) is 10.0 Å². The molecule has 114 valence electrons. The summed E-state index contributed by atoms with van der Waals surface area (Å²) in [5, 5.41) is 0. The first-order chi connectivity index (χ1) is 9.87. The third-order valence-corrected chi connectivity index (χ3v) is 5.24. The minimum atomic E-state index is -3.68. The fourth-order valence-corrected chi connectivity index (χ4v) is 3.74. The Morgan fingerprint density at radius 1 is 1.38 bits per heavy atom. The summed E-state index contributed by atoms with van der Waals surface area (Å²) in [6.07, 6.45) is 2.96. The summed E-state index contributed by atoms with van der Waals surface area (Å²) in [6.45, 7) is 6.12. The van der Waals surface area contributed by atoms with Gasteiger partial charge in [0.15, 0.2) is 0 Å². The molecule has 7 heteroatoms. The molecule has 0 spiro atoms. The Bertz CT molecular complexity index is 738. The minimum absolute atomic E-state index is 0.0107. The van der Waals surface area contributed by atoms with E-state index in [4.69, 9.17) is 4.74 Å². The van der Waals surface area contributed by atoms with Gasteiger partial charge in [0.05, 0.1) is 16.0 Å². The zero-order chi connectivity index (χ0) is 15.6. The Kier molecular flexibility index (Phi) is 4.73. The number of hydrogen-bond acceptors (Lipinski definition) is 4. The van der Waals surface area contributed by atoms with Crippen LogP contribution in [-0.4, -0.2) is 24.0 Å². The van der Waals surface area contributed by atoms with E-state index in [0.717, 1.165) is 4.47 Å². The summed E-state index contributed by atoms with van der Waals surface area (Å²) in [7, 11) is -3.68. The predicted molar refractivity (Wildman–Crippen MR) is 84.2 cm³/mol. The van der Waals surface area contributed by atoms with Gasteiger partial charge < -0.3 is 4.74 Å². The SMILES string of the molecule is CCOc1cc(S(=O)(=O)n2ccnc2C(C)C)ccc1Br. The van der Waals surface area contributed by atoms with E-state index in [1.54, 1.807) is 12.1 Å². The molecule has 0 amide bonds. The molecule has 0 radical (unpaired) electrons. The molecular formula is C14H17BrN2O3S. The van der Waals surface area contributed by atoms with Crippen molar-refractivity contribution in [3.05, 3.63) is 40.9 Å². The topological polar surface area (TPSA) is 61.2 Å². The van der Waals surface area contributed by atoms with E-state index in [1.807, 2.05) is 20.8 Å². The Hall–Kier alpha value is -1.34. The molecule has 0 fully saturated rings. The lowest BCUT2D eigenvalue weighted by Gasteiger charge is -2.13. The molecule has 2 aromatic rings. The van der Waals surface area contributed by atoms with Gasteiger partial charge in [-0.25, -0.2) is 17.4 Å². The van der Waals surface area contributed by atoms with Gasteiger partial charge in [-0.3, -0.25) is 0 Å². The van der Waals surface area contributed by atoms with Gasteiger partial charge >= 0.3 is 0 Å².